The lowest BCUT2D eigenvalue weighted by atomic mass is 9.91. The fourth-order valence-corrected chi connectivity index (χ4v) is 4.16. The number of hydrogen-bond acceptors (Lipinski definition) is 7. The Kier molecular flexibility index (Phi) is 7.57. The molecule has 9 nitrogen and oxygen atoms in total. The number of nitrogens with zero attached hydrogens (tertiary/aromatic N) is 1. The van der Waals surface area contributed by atoms with Crippen LogP contribution in [0.5, 0.6) is 23.0 Å². The summed E-state index contributed by atoms with van der Waals surface area (Å²) in [5.74, 6) is -5.36. The normalized spacial score (nSPS) is 16.5. The molecule has 1 aromatic heterocycles. The third-order valence-electron chi connectivity index (χ3n) is 6.10. The van der Waals surface area contributed by atoms with E-state index in [-0.39, 0.29) is 17.5 Å². The maximum absolute atomic E-state index is 15.7. The van der Waals surface area contributed by atoms with Crippen molar-refractivity contribution < 1.29 is 50.2 Å². The fourth-order valence-electron chi connectivity index (χ4n) is 4.16. The number of primary amides is 1. The van der Waals surface area contributed by atoms with Gasteiger partial charge in [0.2, 0.25) is 0 Å². The van der Waals surface area contributed by atoms with Crippen LogP contribution in [0.4, 0.5) is 23.2 Å². The van der Waals surface area contributed by atoms with Gasteiger partial charge in [-0.3, -0.25) is 14.6 Å². The van der Waals surface area contributed by atoms with Gasteiger partial charge < -0.3 is 30.0 Å². The first-order chi connectivity index (χ1) is 20.6. The Bertz CT molecular complexity index is 1600. The number of rotatable bonds is 9. The van der Waals surface area contributed by atoms with Gasteiger partial charge in [-0.1, -0.05) is 6.08 Å². The van der Waals surface area contributed by atoms with Crippen molar-refractivity contribution in [1.82, 2.24) is 4.98 Å². The van der Waals surface area contributed by atoms with E-state index in [0.29, 0.717) is 36.5 Å². The highest BCUT2D eigenvalue weighted by Gasteiger charge is 2.32. The molecule has 0 saturated carbocycles. The van der Waals surface area contributed by atoms with E-state index in [1.54, 1.807) is 7.11 Å². The van der Waals surface area contributed by atoms with Crippen LogP contribution < -0.4 is 25.3 Å². The minimum absolute atomic E-state index is 0.0351. The van der Waals surface area contributed by atoms with Gasteiger partial charge in [-0.15, -0.1) is 13.2 Å². The Morgan fingerprint density at radius 3 is 2.59 bits per heavy atom. The molecule has 0 fully saturated rings. The maximum atomic E-state index is 15.7. The van der Waals surface area contributed by atoms with Crippen LogP contribution in [0, 0.1) is 5.82 Å². The molecule has 0 saturated heterocycles. The molecule has 1 unspecified atom stereocenters. The first-order valence-corrected chi connectivity index (χ1v) is 12.0. The number of nitrogens with one attached hydrogen (secondary N) is 1. The van der Waals surface area contributed by atoms with Crippen LogP contribution in [0.15, 0.2) is 54.7 Å². The molecule has 1 aliphatic carbocycles. The Morgan fingerprint density at radius 1 is 1.12 bits per heavy atom. The van der Waals surface area contributed by atoms with E-state index >= 15 is 4.39 Å². The summed E-state index contributed by atoms with van der Waals surface area (Å²) in [4.78, 5) is 28.6. The molecule has 1 aliphatic rings. The first-order valence-electron chi connectivity index (χ1n) is 13.5. The number of alkyl halides is 3. The van der Waals surface area contributed by atoms with Crippen molar-refractivity contribution >= 4 is 23.1 Å². The number of nitrogens with two attached hydrogens (primary N) is 1. The molecule has 1 heterocycles. The number of amides is 2. The second kappa shape index (κ2) is 12.3. The van der Waals surface area contributed by atoms with Crippen molar-refractivity contribution in [1.29, 1.82) is 0 Å². The average molecular weight is 579 g/mol. The zero-order chi connectivity index (χ0) is 32.2. The lowest BCUT2D eigenvalue weighted by Gasteiger charge is -2.22. The van der Waals surface area contributed by atoms with Gasteiger partial charge in [-0.05, 0) is 66.8 Å². The maximum Gasteiger partial charge on any atom is 0.573 e. The topological polar surface area (TPSA) is 122 Å². The Balaban J connectivity index is 1.79. The highest BCUT2D eigenvalue weighted by atomic mass is 19.4. The van der Waals surface area contributed by atoms with E-state index < -0.39 is 59.6 Å². The van der Waals surface area contributed by atoms with Crippen LogP contribution in [0.3, 0.4) is 0 Å². The number of anilines is 1. The molecule has 13 heteroatoms. The van der Waals surface area contributed by atoms with Crippen LogP contribution in [0.1, 0.15) is 49.8 Å². The number of aromatic nitrogens is 1. The zero-order valence-corrected chi connectivity index (χ0v) is 21.4. The summed E-state index contributed by atoms with van der Waals surface area (Å²) < 4.78 is 96.4. The van der Waals surface area contributed by atoms with Gasteiger partial charge in [0.15, 0.2) is 11.5 Å². The predicted molar refractivity (Wildman–Crippen MR) is 139 cm³/mol. The third-order valence-corrected chi connectivity index (χ3v) is 6.10. The van der Waals surface area contributed by atoms with Crippen LogP contribution in [0.25, 0.3) is 5.57 Å². The van der Waals surface area contributed by atoms with Gasteiger partial charge >= 0.3 is 6.36 Å². The van der Waals surface area contributed by atoms with E-state index in [2.05, 4.69) is 15.0 Å². The van der Waals surface area contributed by atoms with Crippen LogP contribution in [-0.4, -0.2) is 43.4 Å². The molecule has 216 valence electrons. The SMILES string of the molecule is [2H]C([2H])([2H])Oc1cc(OC(F)(F)F)ccc1Oc1cc(C2=CCC(OC)CC2)cc(F)c1C(=O)Nc1ccnc(C(N)=O)c1. The quantitative estimate of drug-likeness (QED) is 0.305. The van der Waals surface area contributed by atoms with Gasteiger partial charge in [0.1, 0.15) is 28.6 Å². The Labute approximate surface area is 236 Å². The van der Waals surface area contributed by atoms with E-state index in [1.807, 2.05) is 6.08 Å². The van der Waals surface area contributed by atoms with E-state index in [1.165, 1.54) is 18.3 Å². The minimum Gasteiger partial charge on any atom is -0.493 e. The number of allylic oxidation sites excluding steroid dienone is 1. The molecule has 2 aromatic carbocycles. The monoisotopic (exact) mass is 578 g/mol. The van der Waals surface area contributed by atoms with Crippen molar-refractivity contribution in [3.8, 4) is 23.0 Å². The minimum atomic E-state index is -5.10. The van der Waals surface area contributed by atoms with Crippen molar-refractivity contribution in [2.45, 2.75) is 31.7 Å². The predicted octanol–water partition coefficient (Wildman–Crippen LogP) is 5.85. The molecular weight excluding hydrogens is 550 g/mol. The molecule has 3 N–H and O–H groups in total. The molecule has 0 bridgehead atoms. The third kappa shape index (κ3) is 7.31. The van der Waals surface area contributed by atoms with Gasteiger partial charge in [0.05, 0.1) is 17.3 Å². The Morgan fingerprint density at radius 2 is 1.93 bits per heavy atom. The number of carbonyl (C=O) groups is 2. The van der Waals surface area contributed by atoms with E-state index in [4.69, 9.17) is 24.1 Å². The molecule has 1 atom stereocenters. The van der Waals surface area contributed by atoms with Gasteiger partial charge in [0, 0.05) is 25.1 Å². The summed E-state index contributed by atoms with van der Waals surface area (Å²) in [6.45, 7) is 0. The number of hydrogen-bond donors (Lipinski definition) is 2. The lowest BCUT2D eigenvalue weighted by Crippen LogP contribution is -2.18. The van der Waals surface area contributed by atoms with E-state index in [0.717, 1.165) is 24.3 Å². The van der Waals surface area contributed by atoms with Gasteiger partial charge in [-0.25, -0.2) is 4.39 Å². The average Bonchev–Trinajstić information content (AvgIpc) is 2.92. The van der Waals surface area contributed by atoms with Crippen molar-refractivity contribution in [3.05, 3.63) is 77.4 Å². The molecule has 3 aromatic rings. The summed E-state index contributed by atoms with van der Waals surface area (Å²) in [5, 5.41) is 2.42. The summed E-state index contributed by atoms with van der Waals surface area (Å²) in [6.07, 6.45) is -0.446. The number of benzene rings is 2. The highest BCUT2D eigenvalue weighted by Crippen LogP contribution is 2.40. The van der Waals surface area contributed by atoms with Crippen LogP contribution >= 0.6 is 0 Å². The number of carbonyl (C=O) groups excluding carboxylic acids is 2. The summed E-state index contributed by atoms with van der Waals surface area (Å²) in [5.41, 5.74) is 5.49. The van der Waals surface area contributed by atoms with Crippen molar-refractivity contribution in [2.24, 2.45) is 5.73 Å². The largest absolute Gasteiger partial charge is 0.573 e. The number of pyridine rings is 1. The summed E-state index contributed by atoms with van der Waals surface area (Å²) in [7, 11) is -1.56. The number of methoxy groups -OCH3 is 2. The molecule has 0 aliphatic heterocycles. The lowest BCUT2D eigenvalue weighted by molar-refractivity contribution is -0.274. The standard InChI is InChI=1S/C28H25F4N3O6/c1-38-18-5-3-15(4-6-18)16-11-20(29)25(27(37)35-17-9-10-34-21(13-17)26(33)36)24(12-16)40-22-8-7-19(14-23(22)39-2)41-28(30,31)32/h3,7-14,18H,4-6H2,1-2H3,(H2,33,36)(H,34,35,37)/i2D3. The Hall–Kier alpha value is -4.65. The fraction of sp³-hybridized carbons (Fsp3) is 0.250. The summed E-state index contributed by atoms with van der Waals surface area (Å²) >= 11 is 0. The molecule has 4 rings (SSSR count). The van der Waals surface area contributed by atoms with Gasteiger partial charge in [-0.2, -0.15) is 0 Å². The molecule has 41 heavy (non-hydrogen) atoms. The highest BCUT2D eigenvalue weighted by molar-refractivity contribution is 6.07. The number of halogens is 4. The molecule has 0 radical (unpaired) electrons. The van der Waals surface area contributed by atoms with Gasteiger partial charge in [0.25, 0.3) is 11.8 Å². The molecule has 2 amide bonds. The second-order valence-electron chi connectivity index (χ2n) is 8.80. The van der Waals surface area contributed by atoms with Crippen molar-refractivity contribution in [3.63, 3.8) is 0 Å². The van der Waals surface area contributed by atoms with Crippen molar-refractivity contribution in [2.75, 3.05) is 19.5 Å². The van der Waals surface area contributed by atoms with Crippen LogP contribution in [-0.2, 0) is 4.74 Å². The smallest absolute Gasteiger partial charge is 0.493 e. The summed E-state index contributed by atoms with van der Waals surface area (Å²) in [6, 6.07) is 7.29. The molecular formula is C28H25F4N3O6. The second-order valence-corrected chi connectivity index (χ2v) is 8.80. The number of ether oxygens (including phenoxy) is 4. The molecule has 0 spiro atoms. The zero-order valence-electron chi connectivity index (χ0n) is 24.4. The first kappa shape index (κ1) is 25.3. The van der Waals surface area contributed by atoms with Crippen LogP contribution in [0.2, 0.25) is 0 Å². The van der Waals surface area contributed by atoms with E-state index in [9.17, 15) is 22.8 Å².